The first kappa shape index (κ1) is 11.2. The van der Waals surface area contributed by atoms with E-state index in [4.69, 9.17) is 4.74 Å². The lowest BCUT2D eigenvalue weighted by Gasteiger charge is -2.16. The van der Waals surface area contributed by atoms with Crippen molar-refractivity contribution >= 4 is 5.69 Å². The highest BCUT2D eigenvalue weighted by Gasteiger charge is 2.27. The monoisotopic (exact) mass is 233 g/mol. The van der Waals surface area contributed by atoms with Crippen LogP contribution in [0.25, 0.3) is 0 Å². The molecule has 0 saturated carbocycles. The number of aliphatic hydroxyl groups is 1. The van der Waals surface area contributed by atoms with E-state index >= 15 is 0 Å². The number of hydrogen-bond acceptors (Lipinski definition) is 3. The SMILES string of the molecule is O[C@H]1COC[C@@H]1Nc1ccc(F)c(F)c1F. The maximum Gasteiger partial charge on any atom is 0.196 e. The molecule has 16 heavy (non-hydrogen) atoms. The smallest absolute Gasteiger partial charge is 0.196 e. The quantitative estimate of drug-likeness (QED) is 0.756. The van der Waals surface area contributed by atoms with Gasteiger partial charge in [-0.15, -0.1) is 0 Å². The van der Waals surface area contributed by atoms with Crippen LogP contribution in [0.3, 0.4) is 0 Å². The van der Waals surface area contributed by atoms with E-state index in [1.807, 2.05) is 0 Å². The fourth-order valence-corrected chi connectivity index (χ4v) is 1.52. The maximum atomic E-state index is 13.2. The molecule has 6 heteroatoms. The molecular formula is C10H10F3NO2. The van der Waals surface area contributed by atoms with Crippen LogP contribution in [0, 0.1) is 17.5 Å². The van der Waals surface area contributed by atoms with Crippen LogP contribution in [-0.4, -0.2) is 30.5 Å². The molecule has 0 unspecified atom stereocenters. The van der Waals surface area contributed by atoms with Gasteiger partial charge in [0.15, 0.2) is 17.5 Å². The maximum absolute atomic E-state index is 13.2. The normalized spacial score (nSPS) is 24.8. The van der Waals surface area contributed by atoms with Gasteiger partial charge >= 0.3 is 0 Å². The minimum absolute atomic E-state index is 0.142. The molecule has 1 aromatic rings. The predicted octanol–water partition coefficient (Wildman–Crippen LogP) is 1.28. The molecule has 0 spiro atoms. The molecule has 2 rings (SSSR count). The Morgan fingerprint density at radius 3 is 2.56 bits per heavy atom. The zero-order valence-corrected chi connectivity index (χ0v) is 8.21. The first-order chi connectivity index (χ1) is 7.59. The number of hydrogen-bond donors (Lipinski definition) is 2. The summed E-state index contributed by atoms with van der Waals surface area (Å²) in [4.78, 5) is 0. The number of anilines is 1. The summed E-state index contributed by atoms with van der Waals surface area (Å²) >= 11 is 0. The number of halogens is 3. The Morgan fingerprint density at radius 1 is 1.19 bits per heavy atom. The van der Waals surface area contributed by atoms with Crippen LogP contribution in [-0.2, 0) is 4.74 Å². The number of nitrogens with one attached hydrogen (secondary N) is 1. The molecule has 3 nitrogen and oxygen atoms in total. The molecule has 0 aromatic heterocycles. The highest BCUT2D eigenvalue weighted by atomic mass is 19.2. The van der Waals surface area contributed by atoms with Crippen molar-refractivity contribution in [3.05, 3.63) is 29.6 Å². The molecule has 1 aliphatic rings. The van der Waals surface area contributed by atoms with Gasteiger partial charge < -0.3 is 15.2 Å². The lowest BCUT2D eigenvalue weighted by molar-refractivity contribution is 0.125. The second kappa shape index (κ2) is 4.31. The number of aliphatic hydroxyl groups excluding tert-OH is 1. The van der Waals surface area contributed by atoms with Crippen molar-refractivity contribution in [3.63, 3.8) is 0 Å². The number of ether oxygens (including phenoxy) is 1. The molecule has 1 fully saturated rings. The van der Waals surface area contributed by atoms with Crippen LogP contribution < -0.4 is 5.32 Å². The van der Waals surface area contributed by atoms with Crippen molar-refractivity contribution in [2.45, 2.75) is 12.1 Å². The topological polar surface area (TPSA) is 41.5 Å². The van der Waals surface area contributed by atoms with Gasteiger partial charge in [-0.1, -0.05) is 0 Å². The second-order valence-corrected chi connectivity index (χ2v) is 3.58. The Hall–Kier alpha value is -1.27. The van der Waals surface area contributed by atoms with Gasteiger partial charge in [-0.3, -0.25) is 0 Å². The van der Waals surface area contributed by atoms with E-state index in [9.17, 15) is 18.3 Å². The van der Waals surface area contributed by atoms with E-state index in [1.165, 1.54) is 0 Å². The number of benzene rings is 1. The molecule has 0 bridgehead atoms. The van der Waals surface area contributed by atoms with Crippen molar-refractivity contribution in [1.82, 2.24) is 0 Å². The van der Waals surface area contributed by atoms with Crippen LogP contribution in [0.2, 0.25) is 0 Å². The highest BCUT2D eigenvalue weighted by molar-refractivity contribution is 5.46. The van der Waals surface area contributed by atoms with E-state index in [-0.39, 0.29) is 18.9 Å². The Morgan fingerprint density at radius 2 is 1.94 bits per heavy atom. The second-order valence-electron chi connectivity index (χ2n) is 3.58. The third kappa shape index (κ3) is 1.98. The van der Waals surface area contributed by atoms with Crippen LogP contribution >= 0.6 is 0 Å². The summed E-state index contributed by atoms with van der Waals surface area (Å²) in [6.07, 6.45) is -0.785. The molecule has 1 aliphatic heterocycles. The summed E-state index contributed by atoms with van der Waals surface area (Å²) in [5.41, 5.74) is -0.187. The van der Waals surface area contributed by atoms with Gasteiger partial charge in [-0.05, 0) is 12.1 Å². The minimum atomic E-state index is -1.53. The zero-order chi connectivity index (χ0) is 11.7. The summed E-state index contributed by atoms with van der Waals surface area (Å²) in [6.45, 7) is 0.336. The van der Waals surface area contributed by atoms with Crippen molar-refractivity contribution in [2.24, 2.45) is 0 Å². The fraction of sp³-hybridized carbons (Fsp3) is 0.400. The van der Waals surface area contributed by atoms with E-state index < -0.39 is 29.6 Å². The molecule has 0 aliphatic carbocycles. The molecule has 2 atom stereocenters. The van der Waals surface area contributed by atoms with Gasteiger partial charge in [0, 0.05) is 0 Å². The highest BCUT2D eigenvalue weighted by Crippen LogP contribution is 2.22. The Bertz CT molecular complexity index is 400. The van der Waals surface area contributed by atoms with Gasteiger partial charge in [-0.25, -0.2) is 13.2 Å². The van der Waals surface area contributed by atoms with E-state index in [2.05, 4.69) is 5.32 Å². The van der Waals surface area contributed by atoms with E-state index in [1.54, 1.807) is 0 Å². The summed E-state index contributed by atoms with van der Waals surface area (Å²) in [5, 5.41) is 12.0. The Labute approximate surface area is 89.8 Å². The van der Waals surface area contributed by atoms with Gasteiger partial charge in [0.2, 0.25) is 0 Å². The molecule has 1 saturated heterocycles. The minimum Gasteiger partial charge on any atom is -0.388 e. The van der Waals surface area contributed by atoms with Gasteiger partial charge in [0.1, 0.15) is 0 Å². The van der Waals surface area contributed by atoms with Gasteiger partial charge in [0.25, 0.3) is 0 Å². The predicted molar refractivity (Wildman–Crippen MR) is 50.6 cm³/mol. The Kier molecular flexibility index (Phi) is 3.02. The lowest BCUT2D eigenvalue weighted by Crippen LogP contribution is -2.32. The zero-order valence-electron chi connectivity index (χ0n) is 8.21. The largest absolute Gasteiger partial charge is 0.388 e. The average molecular weight is 233 g/mol. The molecular weight excluding hydrogens is 223 g/mol. The third-order valence-electron chi connectivity index (χ3n) is 2.43. The average Bonchev–Trinajstić information content (AvgIpc) is 2.65. The Balaban J connectivity index is 2.18. The van der Waals surface area contributed by atoms with Crippen LogP contribution in [0.1, 0.15) is 0 Å². The van der Waals surface area contributed by atoms with E-state index in [0.717, 1.165) is 12.1 Å². The van der Waals surface area contributed by atoms with Crippen molar-refractivity contribution in [2.75, 3.05) is 18.5 Å². The van der Waals surface area contributed by atoms with E-state index in [0.29, 0.717) is 0 Å². The standard InChI is InChI=1S/C10H10F3NO2/c11-5-1-2-6(10(13)9(5)12)14-7-3-16-4-8(7)15/h1-2,7-8,14-15H,3-4H2/t7-,8-/m0/s1. The van der Waals surface area contributed by atoms with Crippen LogP contribution in [0.15, 0.2) is 12.1 Å². The van der Waals surface area contributed by atoms with Crippen molar-refractivity contribution < 1.29 is 23.0 Å². The summed E-state index contributed by atoms with van der Waals surface area (Å²) in [6, 6.07) is 1.39. The first-order valence-corrected chi connectivity index (χ1v) is 4.75. The lowest BCUT2D eigenvalue weighted by atomic mass is 10.2. The molecule has 0 radical (unpaired) electrons. The number of rotatable bonds is 2. The third-order valence-corrected chi connectivity index (χ3v) is 2.43. The summed E-state index contributed by atoms with van der Waals surface area (Å²) in [5.74, 6) is -4.07. The van der Waals surface area contributed by atoms with Crippen LogP contribution in [0.4, 0.5) is 18.9 Å². The molecule has 88 valence electrons. The first-order valence-electron chi connectivity index (χ1n) is 4.75. The molecule has 0 amide bonds. The molecule has 1 aromatic carbocycles. The van der Waals surface area contributed by atoms with Crippen LogP contribution in [0.5, 0.6) is 0 Å². The molecule has 2 N–H and O–H groups in total. The summed E-state index contributed by atoms with van der Waals surface area (Å²) < 4.78 is 43.7. The molecule has 1 heterocycles. The fourth-order valence-electron chi connectivity index (χ4n) is 1.52. The van der Waals surface area contributed by atoms with Crippen molar-refractivity contribution in [3.8, 4) is 0 Å². The summed E-state index contributed by atoms with van der Waals surface area (Å²) in [7, 11) is 0. The van der Waals surface area contributed by atoms with Gasteiger partial charge in [-0.2, -0.15) is 0 Å². The van der Waals surface area contributed by atoms with Gasteiger partial charge in [0.05, 0.1) is 31.0 Å². The van der Waals surface area contributed by atoms with Crippen molar-refractivity contribution in [1.29, 1.82) is 0 Å².